The van der Waals surface area contributed by atoms with Crippen molar-refractivity contribution < 1.29 is 23.5 Å². The molecule has 1 saturated heterocycles. The summed E-state index contributed by atoms with van der Waals surface area (Å²) in [5, 5.41) is 8.71. The van der Waals surface area contributed by atoms with Gasteiger partial charge in [-0.1, -0.05) is 0 Å². The van der Waals surface area contributed by atoms with Crippen molar-refractivity contribution >= 4 is 23.1 Å². The van der Waals surface area contributed by atoms with Crippen molar-refractivity contribution in [3.05, 3.63) is 23.0 Å². The first-order valence-corrected chi connectivity index (χ1v) is 9.29. The highest BCUT2D eigenvalue weighted by molar-refractivity contribution is 5.80. The molecule has 9 heteroatoms. The van der Waals surface area contributed by atoms with Crippen LogP contribution < -0.4 is 0 Å². The van der Waals surface area contributed by atoms with E-state index in [1.807, 2.05) is 20.8 Å². The molecule has 0 N–H and O–H groups in total. The number of methoxy groups -OCH3 is 1. The maximum Gasteiger partial charge on any atom is 0.410 e. The molecule has 4 rings (SSSR count). The highest BCUT2D eigenvalue weighted by Gasteiger charge is 2.37. The Labute approximate surface area is 161 Å². The van der Waals surface area contributed by atoms with Crippen molar-refractivity contribution in [3.63, 3.8) is 0 Å². The Balaban J connectivity index is 1.50. The monoisotopic (exact) mass is 390 g/mol. The van der Waals surface area contributed by atoms with Gasteiger partial charge in [0.2, 0.25) is 0 Å². The fourth-order valence-corrected chi connectivity index (χ4v) is 3.68. The smallest absolute Gasteiger partial charge is 0.410 e. The van der Waals surface area contributed by atoms with E-state index in [4.69, 9.17) is 9.47 Å². The summed E-state index contributed by atoms with van der Waals surface area (Å²) < 4.78 is 25.1. The van der Waals surface area contributed by atoms with Crippen LogP contribution >= 0.6 is 0 Å². The number of rotatable bonds is 2. The second-order valence-corrected chi connectivity index (χ2v) is 8.38. The lowest BCUT2D eigenvalue weighted by Crippen LogP contribution is -2.52. The molecule has 2 aromatic rings. The Kier molecular flexibility index (Phi) is 4.28. The van der Waals surface area contributed by atoms with Crippen LogP contribution in [-0.4, -0.2) is 57.8 Å². The van der Waals surface area contributed by atoms with E-state index in [-0.39, 0.29) is 29.5 Å². The number of hydrogen-bond donors (Lipinski definition) is 0. The Hall–Kier alpha value is -2.71. The number of benzene rings is 1. The number of likely N-dealkylation sites (tertiary alicyclic amines) is 1. The maximum absolute atomic E-state index is 14.9. The van der Waals surface area contributed by atoms with Crippen molar-refractivity contribution in [2.24, 2.45) is 5.92 Å². The first-order valence-electron chi connectivity index (χ1n) is 9.29. The van der Waals surface area contributed by atoms with Crippen LogP contribution in [-0.2, 0) is 27.1 Å². The Morgan fingerprint density at radius 2 is 1.93 bits per heavy atom. The minimum absolute atomic E-state index is 0.114. The van der Waals surface area contributed by atoms with E-state index in [0.29, 0.717) is 37.0 Å². The standard InChI is InChI=1S/C19H23FN4O4/c1-19(2,3)28-18(26)23-8-12(9-23)24-21-14-7-10-5-11(17(25)27-4)6-13(10)15(20)16(14)22-24/h7,11-12H,5-6,8-9H2,1-4H3. The molecular formula is C19H23FN4O4. The molecule has 0 spiro atoms. The third-order valence-electron chi connectivity index (χ3n) is 5.12. The van der Waals surface area contributed by atoms with Gasteiger partial charge in [0.1, 0.15) is 22.7 Å². The fraction of sp³-hybridized carbons (Fsp3) is 0.579. The highest BCUT2D eigenvalue weighted by Crippen LogP contribution is 2.34. The first-order chi connectivity index (χ1) is 13.2. The van der Waals surface area contributed by atoms with E-state index in [1.165, 1.54) is 11.9 Å². The van der Waals surface area contributed by atoms with Crippen LogP contribution in [0.3, 0.4) is 0 Å². The van der Waals surface area contributed by atoms with Gasteiger partial charge in [-0.3, -0.25) is 4.79 Å². The fourth-order valence-electron chi connectivity index (χ4n) is 3.68. The zero-order valence-electron chi connectivity index (χ0n) is 16.4. The van der Waals surface area contributed by atoms with E-state index in [2.05, 4.69) is 10.2 Å². The average Bonchev–Trinajstić information content (AvgIpc) is 3.15. The van der Waals surface area contributed by atoms with Crippen LogP contribution in [0.1, 0.15) is 37.9 Å². The molecule has 0 saturated carbocycles. The van der Waals surface area contributed by atoms with Gasteiger partial charge >= 0.3 is 12.1 Å². The molecule has 1 fully saturated rings. The lowest BCUT2D eigenvalue weighted by molar-refractivity contribution is -0.145. The van der Waals surface area contributed by atoms with Crippen molar-refractivity contribution in [1.82, 2.24) is 19.9 Å². The highest BCUT2D eigenvalue weighted by atomic mass is 19.1. The van der Waals surface area contributed by atoms with E-state index < -0.39 is 11.4 Å². The topological polar surface area (TPSA) is 86.6 Å². The third kappa shape index (κ3) is 3.18. The number of nitrogens with zero attached hydrogens (tertiary/aromatic N) is 4. The summed E-state index contributed by atoms with van der Waals surface area (Å²) in [6.07, 6.45) is 0.379. The van der Waals surface area contributed by atoms with Gasteiger partial charge < -0.3 is 14.4 Å². The number of halogens is 1. The number of carbonyl (C=O) groups excluding carboxylic acids is 2. The molecule has 28 heavy (non-hydrogen) atoms. The van der Waals surface area contributed by atoms with E-state index in [1.54, 1.807) is 11.0 Å². The van der Waals surface area contributed by atoms with Gasteiger partial charge in [0.25, 0.3) is 0 Å². The van der Waals surface area contributed by atoms with Crippen molar-refractivity contribution in [2.45, 2.75) is 45.3 Å². The molecule has 150 valence electrons. The van der Waals surface area contributed by atoms with Crippen molar-refractivity contribution in [3.8, 4) is 0 Å². The molecule has 1 aliphatic heterocycles. The maximum atomic E-state index is 14.9. The zero-order chi connectivity index (χ0) is 20.2. The van der Waals surface area contributed by atoms with Gasteiger partial charge in [-0.05, 0) is 50.8 Å². The van der Waals surface area contributed by atoms with E-state index in [9.17, 15) is 14.0 Å². The molecular weight excluding hydrogens is 367 g/mol. The molecule has 2 heterocycles. The van der Waals surface area contributed by atoms with Crippen LogP contribution in [0.15, 0.2) is 6.07 Å². The number of fused-ring (bicyclic) bond motifs is 2. The number of esters is 1. The van der Waals surface area contributed by atoms with E-state index >= 15 is 0 Å². The van der Waals surface area contributed by atoms with E-state index in [0.717, 1.165) is 5.56 Å². The van der Waals surface area contributed by atoms with Gasteiger partial charge in [0, 0.05) is 0 Å². The third-order valence-corrected chi connectivity index (χ3v) is 5.12. The summed E-state index contributed by atoms with van der Waals surface area (Å²) in [7, 11) is 1.34. The summed E-state index contributed by atoms with van der Waals surface area (Å²) in [6.45, 7) is 6.29. The normalized spacial score (nSPS) is 19.5. The SMILES string of the molecule is COC(=O)C1Cc2cc3nn(C4CN(C(=O)OC(C)(C)C)C4)nc3c(F)c2C1. The predicted octanol–water partition coefficient (Wildman–Crippen LogP) is 2.25. The van der Waals surface area contributed by atoms with Crippen LogP contribution in [0.2, 0.25) is 0 Å². The van der Waals surface area contributed by atoms with Crippen molar-refractivity contribution in [2.75, 3.05) is 20.2 Å². The number of amides is 1. The molecule has 1 amide bonds. The zero-order valence-corrected chi connectivity index (χ0v) is 16.4. The molecule has 1 aliphatic carbocycles. The summed E-state index contributed by atoms with van der Waals surface area (Å²) in [5.41, 5.74) is 1.39. The molecule has 8 nitrogen and oxygen atoms in total. The number of carbonyl (C=O) groups is 2. The quantitative estimate of drug-likeness (QED) is 0.731. The summed E-state index contributed by atoms with van der Waals surface area (Å²) >= 11 is 0. The summed E-state index contributed by atoms with van der Waals surface area (Å²) in [5.74, 6) is -1.11. The van der Waals surface area contributed by atoms with Gasteiger partial charge in [0.05, 0.1) is 26.1 Å². The summed E-state index contributed by atoms with van der Waals surface area (Å²) in [4.78, 5) is 26.9. The Bertz CT molecular complexity index is 959. The molecule has 0 bridgehead atoms. The lowest BCUT2D eigenvalue weighted by atomic mass is 10.1. The van der Waals surface area contributed by atoms with Gasteiger partial charge in [-0.2, -0.15) is 9.90 Å². The minimum atomic E-state index is -0.549. The van der Waals surface area contributed by atoms with Crippen LogP contribution in [0, 0.1) is 11.7 Å². The largest absolute Gasteiger partial charge is 0.469 e. The predicted molar refractivity (Wildman–Crippen MR) is 97.2 cm³/mol. The lowest BCUT2D eigenvalue weighted by Gasteiger charge is -2.38. The molecule has 1 aromatic heterocycles. The number of hydrogen-bond acceptors (Lipinski definition) is 6. The molecule has 2 aliphatic rings. The Morgan fingerprint density at radius 1 is 1.21 bits per heavy atom. The average molecular weight is 390 g/mol. The van der Waals surface area contributed by atoms with Gasteiger partial charge in [-0.15, -0.1) is 5.10 Å². The minimum Gasteiger partial charge on any atom is -0.469 e. The molecule has 1 unspecified atom stereocenters. The summed E-state index contributed by atoms with van der Waals surface area (Å²) in [6, 6.07) is 1.68. The van der Waals surface area contributed by atoms with Crippen molar-refractivity contribution in [1.29, 1.82) is 0 Å². The van der Waals surface area contributed by atoms with Crippen LogP contribution in [0.5, 0.6) is 0 Å². The number of ether oxygens (including phenoxy) is 2. The first kappa shape index (κ1) is 18.6. The number of aromatic nitrogens is 3. The molecule has 0 radical (unpaired) electrons. The Morgan fingerprint density at radius 3 is 2.57 bits per heavy atom. The van der Waals surface area contributed by atoms with Gasteiger partial charge in [-0.25, -0.2) is 9.18 Å². The van der Waals surface area contributed by atoms with Crippen LogP contribution in [0.25, 0.3) is 11.0 Å². The van der Waals surface area contributed by atoms with Crippen LogP contribution in [0.4, 0.5) is 9.18 Å². The molecule has 1 atom stereocenters. The second-order valence-electron chi connectivity index (χ2n) is 8.38. The van der Waals surface area contributed by atoms with Gasteiger partial charge in [0.15, 0.2) is 5.82 Å². The second kappa shape index (κ2) is 6.42. The molecule has 1 aromatic carbocycles.